The number of allylic oxidation sites excluding steroid dienone is 2. The molecular weight excluding hydrogens is 555 g/mol. The van der Waals surface area contributed by atoms with Crippen LogP contribution in [0.1, 0.15) is 31.2 Å². The summed E-state index contributed by atoms with van der Waals surface area (Å²) in [6, 6.07) is 6.47. The fourth-order valence-electron chi connectivity index (χ4n) is 7.56. The van der Waals surface area contributed by atoms with Crippen LogP contribution in [0.4, 0.5) is 10.1 Å². The Labute approximate surface area is 240 Å². The van der Waals surface area contributed by atoms with Gasteiger partial charge in [0.15, 0.2) is 0 Å². The van der Waals surface area contributed by atoms with Gasteiger partial charge >= 0.3 is 0 Å². The molecule has 2 heterocycles. The Morgan fingerprint density at radius 3 is 2.27 bits per heavy atom. The molecule has 0 bridgehead atoms. The van der Waals surface area contributed by atoms with Gasteiger partial charge in [-0.2, -0.15) is 0 Å². The molecule has 6 unspecified atom stereocenters. The van der Waals surface area contributed by atoms with Gasteiger partial charge in [-0.1, -0.05) is 23.3 Å². The lowest BCUT2D eigenvalue weighted by Gasteiger charge is -2.49. The Hall–Kier alpha value is -3.92. The Bertz CT molecular complexity index is 1550. The second-order valence-electron chi connectivity index (χ2n) is 11.3. The highest BCUT2D eigenvalue weighted by Crippen LogP contribution is 2.65. The fraction of sp³-hybridized carbons (Fsp3) is 0.400. The molecule has 4 aliphatic rings. The highest BCUT2D eigenvalue weighted by atomic mass is 35.5. The van der Waals surface area contributed by atoms with Gasteiger partial charge in [0.1, 0.15) is 23.1 Å². The number of rotatable bonds is 4. The first-order chi connectivity index (χ1) is 19.4. The van der Waals surface area contributed by atoms with E-state index in [4.69, 9.17) is 21.1 Å². The molecule has 2 aromatic carbocycles. The first-order valence-electron chi connectivity index (χ1n) is 13.2. The SMILES string of the molecule is COc1cc(O)cc(OC)c1C1C2=CCC3C(=O)N(C)C(=O)C3C2CC2C(=O)N(c3ccc(F)c(Cl)c3)C(=O)C21C. The number of ether oxygens (including phenoxy) is 2. The Balaban J connectivity index is 1.60. The third-order valence-electron chi connectivity index (χ3n) is 9.47. The van der Waals surface area contributed by atoms with Crippen LogP contribution in [0.3, 0.4) is 0 Å². The summed E-state index contributed by atoms with van der Waals surface area (Å²) in [6.45, 7) is 1.70. The van der Waals surface area contributed by atoms with Crippen LogP contribution >= 0.6 is 11.6 Å². The number of nitrogens with zero attached hydrogens (tertiary/aromatic N) is 2. The van der Waals surface area contributed by atoms with Crippen LogP contribution in [0.2, 0.25) is 5.02 Å². The summed E-state index contributed by atoms with van der Waals surface area (Å²) in [5.41, 5.74) is -0.0710. The van der Waals surface area contributed by atoms with Crippen molar-refractivity contribution in [2.75, 3.05) is 26.2 Å². The molecule has 11 heteroatoms. The number of benzene rings is 2. The molecule has 41 heavy (non-hydrogen) atoms. The number of hydrogen-bond donors (Lipinski definition) is 1. The van der Waals surface area contributed by atoms with Crippen molar-refractivity contribution in [1.82, 2.24) is 4.90 Å². The number of aromatic hydroxyl groups is 1. The van der Waals surface area contributed by atoms with Crippen LogP contribution < -0.4 is 14.4 Å². The van der Waals surface area contributed by atoms with E-state index in [0.717, 1.165) is 21.4 Å². The van der Waals surface area contributed by atoms with E-state index in [9.17, 15) is 28.7 Å². The predicted molar refractivity (Wildman–Crippen MR) is 145 cm³/mol. The van der Waals surface area contributed by atoms with Crippen LogP contribution in [-0.2, 0) is 19.2 Å². The number of fused-ring (bicyclic) bond motifs is 4. The standard InChI is InChI=1S/C30H28ClFN2O7/c1-30-18(27(37)34(29(30)39)13-5-8-20(32)19(31)9-13)12-17-15(6-7-16-23(17)28(38)33(2)26(16)36)25(30)24-21(40-3)10-14(35)11-22(24)41-4/h5-6,8-11,16-18,23,25,35H,7,12H2,1-4H3. The van der Waals surface area contributed by atoms with Crippen molar-refractivity contribution in [3.63, 3.8) is 0 Å². The van der Waals surface area contributed by atoms with Crippen LogP contribution in [0.15, 0.2) is 42.0 Å². The highest BCUT2D eigenvalue weighted by Gasteiger charge is 2.68. The molecular formula is C30H28ClFN2O7. The molecule has 1 saturated carbocycles. The Morgan fingerprint density at radius 1 is 1.00 bits per heavy atom. The molecule has 2 aliphatic carbocycles. The van der Waals surface area contributed by atoms with Crippen molar-refractivity contribution in [1.29, 1.82) is 0 Å². The van der Waals surface area contributed by atoms with Crippen molar-refractivity contribution in [3.8, 4) is 17.2 Å². The molecule has 9 nitrogen and oxygen atoms in total. The fourth-order valence-corrected chi connectivity index (χ4v) is 7.74. The van der Waals surface area contributed by atoms with Crippen LogP contribution in [-0.4, -0.2) is 54.9 Å². The number of carbonyl (C=O) groups is 4. The van der Waals surface area contributed by atoms with Crippen LogP contribution in [0.5, 0.6) is 17.2 Å². The maximum atomic E-state index is 14.5. The van der Waals surface area contributed by atoms with Gasteiger partial charge in [0, 0.05) is 30.7 Å². The molecule has 0 aromatic heterocycles. The topological polar surface area (TPSA) is 113 Å². The normalized spacial score (nSPS) is 30.7. The number of halogens is 2. The van der Waals surface area contributed by atoms with E-state index in [1.165, 1.54) is 45.5 Å². The van der Waals surface area contributed by atoms with E-state index < -0.39 is 52.6 Å². The lowest BCUT2D eigenvalue weighted by atomic mass is 9.51. The van der Waals surface area contributed by atoms with Gasteiger partial charge in [-0.15, -0.1) is 0 Å². The molecule has 2 saturated heterocycles. The second-order valence-corrected chi connectivity index (χ2v) is 11.7. The van der Waals surface area contributed by atoms with E-state index >= 15 is 0 Å². The summed E-state index contributed by atoms with van der Waals surface area (Å²) < 4.78 is 25.4. The molecule has 4 amide bonds. The molecule has 214 valence electrons. The van der Waals surface area contributed by atoms with E-state index in [-0.39, 0.29) is 46.2 Å². The number of methoxy groups -OCH3 is 2. The summed E-state index contributed by atoms with van der Waals surface area (Å²) in [5.74, 6) is -5.43. The number of amides is 4. The molecule has 0 spiro atoms. The number of likely N-dealkylation sites (tertiary alicyclic amines) is 1. The van der Waals surface area contributed by atoms with Gasteiger partial charge in [0.25, 0.3) is 0 Å². The maximum absolute atomic E-state index is 14.5. The largest absolute Gasteiger partial charge is 0.508 e. The summed E-state index contributed by atoms with van der Waals surface area (Å²) in [5, 5.41) is 10.1. The van der Waals surface area contributed by atoms with Gasteiger partial charge in [-0.3, -0.25) is 24.1 Å². The van der Waals surface area contributed by atoms with E-state index in [0.29, 0.717) is 12.0 Å². The van der Waals surface area contributed by atoms with Gasteiger partial charge < -0.3 is 14.6 Å². The van der Waals surface area contributed by atoms with Crippen molar-refractivity contribution in [2.24, 2.45) is 29.1 Å². The van der Waals surface area contributed by atoms with Crippen molar-refractivity contribution in [2.45, 2.75) is 25.7 Å². The number of phenolic OH excluding ortho intramolecular Hbond substituents is 1. The van der Waals surface area contributed by atoms with Gasteiger partial charge in [-0.05, 0) is 43.9 Å². The Kier molecular flexibility index (Phi) is 6.19. The molecule has 6 rings (SSSR count). The van der Waals surface area contributed by atoms with E-state index in [1.54, 1.807) is 6.92 Å². The predicted octanol–water partition coefficient (Wildman–Crippen LogP) is 4.06. The summed E-state index contributed by atoms with van der Waals surface area (Å²) in [6.07, 6.45) is 2.36. The molecule has 2 aliphatic heterocycles. The zero-order valence-corrected chi connectivity index (χ0v) is 23.6. The second kappa shape index (κ2) is 9.30. The van der Waals surface area contributed by atoms with Gasteiger partial charge in [0.05, 0.1) is 48.1 Å². The highest BCUT2D eigenvalue weighted by molar-refractivity contribution is 6.31. The van der Waals surface area contributed by atoms with E-state index in [1.807, 2.05) is 6.08 Å². The number of carbonyl (C=O) groups excluding carboxylic acids is 4. The minimum absolute atomic E-state index is 0.121. The lowest BCUT2D eigenvalue weighted by molar-refractivity contribution is -0.138. The average molecular weight is 583 g/mol. The third kappa shape index (κ3) is 3.59. The average Bonchev–Trinajstić information content (AvgIpc) is 3.29. The van der Waals surface area contributed by atoms with Crippen molar-refractivity contribution < 1.29 is 38.1 Å². The third-order valence-corrected chi connectivity index (χ3v) is 9.76. The maximum Gasteiger partial charge on any atom is 0.241 e. The number of phenols is 1. The van der Waals surface area contributed by atoms with Crippen LogP contribution in [0.25, 0.3) is 0 Å². The Morgan fingerprint density at radius 2 is 1.66 bits per heavy atom. The number of imide groups is 2. The summed E-state index contributed by atoms with van der Waals surface area (Å²) >= 11 is 6.03. The molecule has 3 fully saturated rings. The first kappa shape index (κ1) is 27.3. The molecule has 1 N–H and O–H groups in total. The van der Waals surface area contributed by atoms with Crippen LogP contribution in [0, 0.1) is 34.9 Å². The molecule has 0 radical (unpaired) electrons. The molecule has 2 aromatic rings. The number of anilines is 1. The monoisotopic (exact) mass is 582 g/mol. The van der Waals surface area contributed by atoms with E-state index in [2.05, 4.69) is 0 Å². The summed E-state index contributed by atoms with van der Waals surface area (Å²) in [7, 11) is 4.31. The van der Waals surface area contributed by atoms with Crippen molar-refractivity contribution in [3.05, 3.63) is 58.4 Å². The molecule has 6 atom stereocenters. The van der Waals surface area contributed by atoms with Gasteiger partial charge in [0.2, 0.25) is 23.6 Å². The quantitative estimate of drug-likeness (QED) is 0.427. The van der Waals surface area contributed by atoms with Crippen molar-refractivity contribution >= 4 is 40.9 Å². The zero-order valence-electron chi connectivity index (χ0n) is 22.8. The smallest absolute Gasteiger partial charge is 0.241 e. The first-order valence-corrected chi connectivity index (χ1v) is 13.6. The summed E-state index contributed by atoms with van der Waals surface area (Å²) in [4.78, 5) is 57.1. The lowest BCUT2D eigenvalue weighted by Crippen LogP contribution is -2.49. The minimum atomic E-state index is -1.39. The number of hydrogen-bond acceptors (Lipinski definition) is 7. The zero-order chi connectivity index (χ0) is 29.5. The minimum Gasteiger partial charge on any atom is -0.508 e. The van der Waals surface area contributed by atoms with Gasteiger partial charge in [-0.25, -0.2) is 9.29 Å².